The normalized spacial score (nSPS) is 12.4. The zero-order valence-electron chi connectivity index (χ0n) is 17.1. The smallest absolute Gasteiger partial charge is 0.0505 e. The lowest BCUT2D eigenvalue weighted by Gasteiger charge is -2.18. The summed E-state index contributed by atoms with van der Waals surface area (Å²) in [4.78, 5) is 0. The minimum atomic E-state index is 0.344. The van der Waals surface area contributed by atoms with Gasteiger partial charge in [-0.3, -0.25) is 0 Å². The van der Waals surface area contributed by atoms with E-state index in [4.69, 9.17) is 23.2 Å². The van der Waals surface area contributed by atoms with Gasteiger partial charge in [0.1, 0.15) is 0 Å². The van der Waals surface area contributed by atoms with Crippen molar-refractivity contribution in [3.63, 3.8) is 0 Å². The van der Waals surface area contributed by atoms with E-state index >= 15 is 0 Å². The fourth-order valence-corrected chi connectivity index (χ4v) is 4.56. The third kappa shape index (κ3) is 4.57. The maximum atomic E-state index is 6.43. The van der Waals surface area contributed by atoms with Crippen LogP contribution in [0.4, 0.5) is 0 Å². The number of hydrogen-bond acceptors (Lipinski definition) is 1. The van der Waals surface area contributed by atoms with Crippen molar-refractivity contribution in [2.75, 3.05) is 0 Å². The van der Waals surface area contributed by atoms with Gasteiger partial charge in [-0.25, -0.2) is 0 Å². The number of rotatable bonds is 8. The molecule has 0 aliphatic rings. The third-order valence-corrected chi connectivity index (χ3v) is 6.29. The number of para-hydroxylation sites is 1. The van der Waals surface area contributed by atoms with E-state index in [0.717, 1.165) is 24.9 Å². The van der Waals surface area contributed by atoms with Gasteiger partial charge in [-0.05, 0) is 35.7 Å². The molecular weight excluding hydrogens is 411 g/mol. The fourth-order valence-electron chi connectivity index (χ4n) is 4.04. The molecule has 1 aromatic heterocycles. The van der Waals surface area contributed by atoms with E-state index in [1.807, 2.05) is 18.2 Å². The number of fused-ring (bicyclic) bond motifs is 1. The van der Waals surface area contributed by atoms with Crippen molar-refractivity contribution in [3.8, 4) is 0 Å². The van der Waals surface area contributed by atoms with Crippen LogP contribution >= 0.6 is 23.2 Å². The molecule has 0 saturated carbocycles. The van der Waals surface area contributed by atoms with Gasteiger partial charge in [0.25, 0.3) is 0 Å². The molecule has 0 amide bonds. The highest BCUT2D eigenvalue weighted by Gasteiger charge is 2.14. The van der Waals surface area contributed by atoms with Gasteiger partial charge in [0.05, 0.1) is 6.54 Å². The summed E-state index contributed by atoms with van der Waals surface area (Å²) in [6.07, 6.45) is 4.47. The first-order valence-corrected chi connectivity index (χ1v) is 11.2. The van der Waals surface area contributed by atoms with Crippen LogP contribution in [0.3, 0.4) is 0 Å². The zero-order valence-corrected chi connectivity index (χ0v) is 18.6. The summed E-state index contributed by atoms with van der Waals surface area (Å²) in [5, 5.41) is 6.44. The first-order valence-electron chi connectivity index (χ1n) is 10.5. The molecule has 3 aromatic carbocycles. The minimum Gasteiger partial charge on any atom is -0.343 e. The monoisotopic (exact) mass is 436 g/mol. The van der Waals surface area contributed by atoms with Crippen molar-refractivity contribution in [1.82, 2.24) is 9.88 Å². The predicted molar refractivity (Wildman–Crippen MR) is 128 cm³/mol. The second-order valence-electron chi connectivity index (χ2n) is 7.63. The molecule has 4 heteroatoms. The second-order valence-corrected chi connectivity index (χ2v) is 8.45. The molecule has 30 heavy (non-hydrogen) atoms. The molecule has 0 fully saturated rings. The first kappa shape index (κ1) is 21.0. The molecule has 1 N–H and O–H groups in total. The van der Waals surface area contributed by atoms with Crippen LogP contribution < -0.4 is 5.32 Å². The van der Waals surface area contributed by atoms with Crippen LogP contribution in [0.15, 0.2) is 79.0 Å². The van der Waals surface area contributed by atoms with E-state index in [9.17, 15) is 0 Å². The van der Waals surface area contributed by atoms with E-state index in [1.165, 1.54) is 22.0 Å². The molecule has 0 aliphatic heterocycles. The average molecular weight is 437 g/mol. The number of aromatic nitrogens is 1. The highest BCUT2D eigenvalue weighted by molar-refractivity contribution is 6.36. The Morgan fingerprint density at radius 3 is 2.30 bits per heavy atom. The molecule has 0 saturated heterocycles. The molecule has 2 nitrogen and oxygen atoms in total. The van der Waals surface area contributed by atoms with E-state index < -0.39 is 0 Å². The van der Waals surface area contributed by atoms with Crippen molar-refractivity contribution >= 4 is 34.1 Å². The van der Waals surface area contributed by atoms with E-state index in [0.29, 0.717) is 22.6 Å². The summed E-state index contributed by atoms with van der Waals surface area (Å²) in [7, 11) is 0. The molecule has 0 unspecified atom stereocenters. The molecule has 0 radical (unpaired) electrons. The summed E-state index contributed by atoms with van der Waals surface area (Å²) in [6.45, 7) is 3.69. The van der Waals surface area contributed by atoms with E-state index in [-0.39, 0.29) is 0 Å². The van der Waals surface area contributed by atoms with Crippen LogP contribution in [0.5, 0.6) is 0 Å². The second kappa shape index (κ2) is 9.70. The lowest BCUT2D eigenvalue weighted by molar-refractivity contribution is 0.494. The number of hydrogen-bond donors (Lipinski definition) is 1. The topological polar surface area (TPSA) is 17.0 Å². The van der Waals surface area contributed by atoms with Gasteiger partial charge in [0.15, 0.2) is 0 Å². The van der Waals surface area contributed by atoms with Gasteiger partial charge >= 0.3 is 0 Å². The van der Waals surface area contributed by atoms with Crippen LogP contribution in [0, 0.1) is 0 Å². The van der Waals surface area contributed by atoms with Crippen molar-refractivity contribution < 1.29 is 0 Å². The van der Waals surface area contributed by atoms with E-state index in [1.54, 1.807) is 0 Å². The van der Waals surface area contributed by atoms with Crippen LogP contribution in [0.25, 0.3) is 10.9 Å². The standard InChI is InChI=1S/C26H26Cl2N2/c1-2-9-25(19-10-4-3-5-11-19)29-16-20-17-30(26-15-7-6-12-21(20)26)18-22-23(27)13-8-14-24(22)28/h3-8,10-15,17,25,29H,2,9,16,18H2,1H3/t25-/m0/s1. The van der Waals surface area contributed by atoms with Crippen molar-refractivity contribution in [3.05, 3.63) is 106 Å². The Morgan fingerprint density at radius 1 is 0.867 bits per heavy atom. The summed E-state index contributed by atoms with van der Waals surface area (Å²) in [6, 6.07) is 25.2. The lowest BCUT2D eigenvalue weighted by Crippen LogP contribution is -2.20. The minimum absolute atomic E-state index is 0.344. The highest BCUT2D eigenvalue weighted by atomic mass is 35.5. The molecule has 4 aromatic rings. The highest BCUT2D eigenvalue weighted by Crippen LogP contribution is 2.29. The Kier molecular flexibility index (Phi) is 6.79. The predicted octanol–water partition coefficient (Wildman–Crippen LogP) is 7.63. The zero-order chi connectivity index (χ0) is 20.9. The molecule has 1 heterocycles. The summed E-state index contributed by atoms with van der Waals surface area (Å²) >= 11 is 12.9. The summed E-state index contributed by atoms with van der Waals surface area (Å²) in [5.41, 5.74) is 4.77. The van der Waals surface area contributed by atoms with Gasteiger partial charge < -0.3 is 9.88 Å². The number of halogens is 2. The number of benzene rings is 3. The van der Waals surface area contributed by atoms with Crippen LogP contribution in [-0.2, 0) is 13.1 Å². The molecule has 1 atom stereocenters. The van der Waals surface area contributed by atoms with Gasteiger partial charge in [0.2, 0.25) is 0 Å². The molecule has 0 bridgehead atoms. The Labute approximate surface area is 188 Å². The fraction of sp³-hybridized carbons (Fsp3) is 0.231. The van der Waals surface area contributed by atoms with Crippen molar-refractivity contribution in [1.29, 1.82) is 0 Å². The Morgan fingerprint density at radius 2 is 1.57 bits per heavy atom. The SMILES string of the molecule is CCC[C@H](NCc1cn(Cc2c(Cl)cccc2Cl)c2ccccc12)c1ccccc1. The maximum absolute atomic E-state index is 6.43. The van der Waals surface area contributed by atoms with Crippen LogP contribution in [0.1, 0.15) is 42.5 Å². The van der Waals surface area contributed by atoms with Gasteiger partial charge in [-0.2, -0.15) is 0 Å². The van der Waals surface area contributed by atoms with Gasteiger partial charge in [-0.1, -0.05) is 91.1 Å². The maximum Gasteiger partial charge on any atom is 0.0505 e. The Balaban J connectivity index is 1.62. The first-order chi connectivity index (χ1) is 14.7. The molecule has 0 spiro atoms. The molecule has 154 valence electrons. The third-order valence-electron chi connectivity index (χ3n) is 5.58. The largest absolute Gasteiger partial charge is 0.343 e. The molecule has 0 aliphatic carbocycles. The Hall–Kier alpha value is -2.26. The van der Waals surface area contributed by atoms with Crippen molar-refractivity contribution in [2.45, 2.75) is 38.9 Å². The average Bonchev–Trinajstić information content (AvgIpc) is 3.12. The Bertz CT molecular complexity index is 1100. The summed E-state index contributed by atoms with van der Waals surface area (Å²) in [5.74, 6) is 0. The van der Waals surface area contributed by atoms with Crippen molar-refractivity contribution in [2.24, 2.45) is 0 Å². The van der Waals surface area contributed by atoms with Gasteiger partial charge in [-0.15, -0.1) is 0 Å². The van der Waals surface area contributed by atoms with E-state index in [2.05, 4.69) is 77.6 Å². The van der Waals surface area contributed by atoms with Gasteiger partial charge in [0, 0.05) is 45.3 Å². The lowest BCUT2D eigenvalue weighted by atomic mass is 10.0. The molecule has 4 rings (SSSR count). The van der Waals surface area contributed by atoms with Crippen LogP contribution in [-0.4, -0.2) is 4.57 Å². The summed E-state index contributed by atoms with van der Waals surface area (Å²) < 4.78 is 2.25. The molecular formula is C26H26Cl2N2. The van der Waals surface area contributed by atoms with Crippen LogP contribution in [0.2, 0.25) is 10.0 Å². The number of nitrogens with one attached hydrogen (secondary N) is 1. The number of nitrogens with zero attached hydrogens (tertiary/aromatic N) is 1. The quantitative estimate of drug-likeness (QED) is 0.300.